The average Bonchev–Trinajstić information content (AvgIpc) is 2.20. The van der Waals surface area contributed by atoms with E-state index in [0.717, 1.165) is 5.92 Å². The van der Waals surface area contributed by atoms with Crippen LogP contribution in [0.5, 0.6) is 0 Å². The minimum absolute atomic E-state index is 0.0466. The van der Waals surface area contributed by atoms with Gasteiger partial charge in [0.25, 0.3) is 0 Å². The van der Waals surface area contributed by atoms with Gasteiger partial charge in [0, 0.05) is 8.80 Å². The Balaban J connectivity index is 2.54. The molecule has 77 valence electrons. The van der Waals surface area contributed by atoms with E-state index in [1.54, 1.807) is 0 Å². The second-order valence-electron chi connectivity index (χ2n) is 4.26. The zero-order chi connectivity index (χ0) is 10.4. The zero-order valence-corrected chi connectivity index (χ0v) is 10.6. The highest BCUT2D eigenvalue weighted by molar-refractivity contribution is 6.55. The van der Waals surface area contributed by atoms with E-state index in [1.807, 2.05) is 0 Å². The number of hydrogen-bond donors (Lipinski definition) is 0. The summed E-state index contributed by atoms with van der Waals surface area (Å²) in [6.07, 6.45) is 2.65. The number of rotatable bonds is 5. The molecule has 1 heteroatoms. The summed E-state index contributed by atoms with van der Waals surface area (Å²) < 4.78 is 0. The molecule has 1 atom stereocenters. The summed E-state index contributed by atoms with van der Waals surface area (Å²) in [5.41, 5.74) is 1.53. The molecule has 1 rings (SSSR count). The van der Waals surface area contributed by atoms with E-state index in [4.69, 9.17) is 0 Å². The Labute approximate surface area is 90.0 Å². The van der Waals surface area contributed by atoms with Crippen molar-refractivity contribution in [2.75, 3.05) is 0 Å². The zero-order valence-electron chi connectivity index (χ0n) is 9.59. The molecular weight excluding hydrogens is 184 g/mol. The van der Waals surface area contributed by atoms with Crippen molar-refractivity contribution in [2.45, 2.75) is 44.8 Å². The third-order valence-corrected chi connectivity index (χ3v) is 4.05. The van der Waals surface area contributed by atoms with Gasteiger partial charge in [0.1, 0.15) is 0 Å². The van der Waals surface area contributed by atoms with E-state index < -0.39 is 0 Å². The Morgan fingerprint density at radius 1 is 1.14 bits per heavy atom. The minimum Gasteiger partial charge on any atom is -0.0713 e. The molecule has 0 heterocycles. The quantitative estimate of drug-likeness (QED) is 0.628. The second-order valence-corrected chi connectivity index (χ2v) is 7.18. The summed E-state index contributed by atoms with van der Waals surface area (Å²) in [5, 5.41) is 0. The summed E-state index contributed by atoms with van der Waals surface area (Å²) in [6, 6.07) is 12.4. The molecule has 0 amide bonds. The molecule has 0 N–H and O–H groups in total. The first kappa shape index (κ1) is 11.5. The van der Waals surface area contributed by atoms with Gasteiger partial charge in [-0.25, -0.2) is 0 Å². The second kappa shape index (κ2) is 6.02. The Bertz CT molecular complexity index is 241. The Kier molecular flexibility index (Phi) is 4.95. The van der Waals surface area contributed by atoms with Crippen molar-refractivity contribution in [3.63, 3.8) is 0 Å². The number of benzene rings is 1. The molecular formula is C13H21Si. The molecule has 1 radical (unpaired) electrons. The van der Waals surface area contributed by atoms with Crippen molar-refractivity contribution in [1.82, 2.24) is 0 Å². The molecule has 0 saturated carbocycles. The minimum atomic E-state index is -0.0466. The summed E-state index contributed by atoms with van der Waals surface area (Å²) in [5.74, 6) is 0.788. The maximum absolute atomic E-state index is 2.41. The molecule has 1 unspecified atom stereocenters. The first-order valence-corrected chi connectivity index (χ1v) is 8.28. The molecule has 0 aliphatic heterocycles. The molecule has 0 aromatic heterocycles. The SMILES string of the molecule is CCC(CC[Si](C)C)c1ccccc1. The molecule has 1 aromatic carbocycles. The highest BCUT2D eigenvalue weighted by atomic mass is 28.3. The topological polar surface area (TPSA) is 0 Å². The summed E-state index contributed by atoms with van der Waals surface area (Å²) in [4.78, 5) is 0. The molecule has 0 spiro atoms. The van der Waals surface area contributed by atoms with Crippen LogP contribution in [0.1, 0.15) is 31.2 Å². The predicted octanol–water partition coefficient (Wildman–Crippen LogP) is 4.32. The van der Waals surface area contributed by atoms with Gasteiger partial charge in [-0.05, 0) is 24.3 Å². The molecule has 0 aliphatic carbocycles. The lowest BCUT2D eigenvalue weighted by Crippen LogP contribution is -2.04. The van der Waals surface area contributed by atoms with Gasteiger partial charge in [-0.15, -0.1) is 0 Å². The molecule has 0 aliphatic rings. The van der Waals surface area contributed by atoms with Crippen LogP contribution in [-0.4, -0.2) is 8.80 Å². The van der Waals surface area contributed by atoms with Gasteiger partial charge in [-0.1, -0.05) is 56.4 Å². The highest BCUT2D eigenvalue weighted by Gasteiger charge is 2.09. The van der Waals surface area contributed by atoms with Gasteiger partial charge in [0.15, 0.2) is 0 Å². The molecule has 0 bridgehead atoms. The normalized spacial score (nSPS) is 13.1. The van der Waals surface area contributed by atoms with Gasteiger partial charge < -0.3 is 0 Å². The fourth-order valence-corrected chi connectivity index (χ4v) is 2.72. The van der Waals surface area contributed by atoms with Crippen LogP contribution in [0, 0.1) is 0 Å². The van der Waals surface area contributed by atoms with Crippen LogP contribution in [0.2, 0.25) is 19.1 Å². The molecule has 0 saturated heterocycles. The average molecular weight is 205 g/mol. The monoisotopic (exact) mass is 205 g/mol. The first-order valence-electron chi connectivity index (χ1n) is 5.58. The van der Waals surface area contributed by atoms with E-state index in [2.05, 4.69) is 50.3 Å². The predicted molar refractivity (Wildman–Crippen MR) is 66.4 cm³/mol. The van der Waals surface area contributed by atoms with Crippen LogP contribution in [0.25, 0.3) is 0 Å². The van der Waals surface area contributed by atoms with E-state index in [-0.39, 0.29) is 8.80 Å². The van der Waals surface area contributed by atoms with Gasteiger partial charge in [-0.3, -0.25) is 0 Å². The molecule has 0 fully saturated rings. The maximum Gasteiger partial charge on any atom is 0.0413 e. The number of hydrogen-bond acceptors (Lipinski definition) is 0. The van der Waals surface area contributed by atoms with Crippen molar-refractivity contribution in [3.8, 4) is 0 Å². The van der Waals surface area contributed by atoms with E-state index >= 15 is 0 Å². The fourth-order valence-electron chi connectivity index (χ4n) is 1.79. The summed E-state index contributed by atoms with van der Waals surface area (Å²) >= 11 is 0. The lowest BCUT2D eigenvalue weighted by Gasteiger charge is -2.15. The van der Waals surface area contributed by atoms with Crippen molar-refractivity contribution in [2.24, 2.45) is 0 Å². The largest absolute Gasteiger partial charge is 0.0713 e. The van der Waals surface area contributed by atoms with Crippen molar-refractivity contribution < 1.29 is 0 Å². The highest BCUT2D eigenvalue weighted by Crippen LogP contribution is 2.25. The van der Waals surface area contributed by atoms with Crippen LogP contribution in [0.4, 0.5) is 0 Å². The van der Waals surface area contributed by atoms with Crippen LogP contribution < -0.4 is 0 Å². The fraction of sp³-hybridized carbons (Fsp3) is 0.538. The van der Waals surface area contributed by atoms with E-state index in [0.29, 0.717) is 0 Å². The van der Waals surface area contributed by atoms with Gasteiger partial charge >= 0.3 is 0 Å². The Hall–Kier alpha value is -0.563. The van der Waals surface area contributed by atoms with Crippen LogP contribution in [-0.2, 0) is 0 Å². The van der Waals surface area contributed by atoms with Gasteiger partial charge in [-0.2, -0.15) is 0 Å². The summed E-state index contributed by atoms with van der Waals surface area (Å²) in [7, 11) is -0.0466. The van der Waals surface area contributed by atoms with Crippen LogP contribution in [0.15, 0.2) is 30.3 Å². The van der Waals surface area contributed by atoms with Crippen LogP contribution >= 0.6 is 0 Å². The van der Waals surface area contributed by atoms with Crippen molar-refractivity contribution in [1.29, 1.82) is 0 Å². The lowest BCUT2D eigenvalue weighted by atomic mass is 9.94. The Morgan fingerprint density at radius 2 is 1.79 bits per heavy atom. The summed E-state index contributed by atoms with van der Waals surface area (Å²) in [6.45, 7) is 7.11. The first-order chi connectivity index (χ1) is 6.74. The lowest BCUT2D eigenvalue weighted by molar-refractivity contribution is 0.639. The van der Waals surface area contributed by atoms with Crippen LogP contribution in [0.3, 0.4) is 0 Å². The van der Waals surface area contributed by atoms with Gasteiger partial charge in [0.2, 0.25) is 0 Å². The Morgan fingerprint density at radius 3 is 2.29 bits per heavy atom. The third-order valence-electron chi connectivity index (χ3n) is 2.76. The van der Waals surface area contributed by atoms with Gasteiger partial charge in [0.05, 0.1) is 0 Å². The molecule has 0 nitrogen and oxygen atoms in total. The van der Waals surface area contributed by atoms with Crippen molar-refractivity contribution >= 4 is 8.80 Å². The smallest absolute Gasteiger partial charge is 0.0413 e. The standard InChI is InChI=1S/C13H21Si/c1-4-12(10-11-14(2)3)13-8-6-5-7-9-13/h5-9,12H,4,10-11H2,1-3H3. The maximum atomic E-state index is 2.41. The molecule has 14 heavy (non-hydrogen) atoms. The van der Waals surface area contributed by atoms with E-state index in [9.17, 15) is 0 Å². The third kappa shape index (κ3) is 3.67. The molecule has 1 aromatic rings. The van der Waals surface area contributed by atoms with Crippen molar-refractivity contribution in [3.05, 3.63) is 35.9 Å². The van der Waals surface area contributed by atoms with E-state index in [1.165, 1.54) is 24.4 Å².